The highest BCUT2D eigenvalue weighted by Gasteiger charge is 2.18. The van der Waals surface area contributed by atoms with E-state index in [0.717, 1.165) is 0 Å². The molecule has 0 heterocycles. The van der Waals surface area contributed by atoms with Crippen molar-refractivity contribution in [2.45, 2.75) is 6.92 Å². The molecule has 0 N–H and O–H groups in total. The number of carbonyl (C=O) groups excluding carboxylic acids is 4. The molecule has 23 heavy (non-hydrogen) atoms. The van der Waals surface area contributed by atoms with Crippen molar-refractivity contribution in [1.82, 2.24) is 9.80 Å². The van der Waals surface area contributed by atoms with E-state index in [1.54, 1.807) is 4.90 Å². The van der Waals surface area contributed by atoms with E-state index in [2.05, 4.69) is 14.2 Å². The summed E-state index contributed by atoms with van der Waals surface area (Å²) in [5, 5.41) is 0. The molecule has 0 aliphatic rings. The van der Waals surface area contributed by atoms with Gasteiger partial charge >= 0.3 is 17.9 Å². The largest absolute Gasteiger partial charge is 0.468 e. The molecule has 0 rings (SSSR count). The Kier molecular flexibility index (Phi) is 10.5. The first-order chi connectivity index (χ1) is 10.8. The van der Waals surface area contributed by atoms with Crippen molar-refractivity contribution in [2.75, 3.05) is 60.6 Å². The fourth-order valence-electron chi connectivity index (χ4n) is 1.77. The van der Waals surface area contributed by atoms with Crippen molar-refractivity contribution in [1.29, 1.82) is 0 Å². The van der Waals surface area contributed by atoms with Gasteiger partial charge in [0.05, 0.1) is 47.5 Å². The van der Waals surface area contributed by atoms with Crippen LogP contribution >= 0.6 is 0 Å². The van der Waals surface area contributed by atoms with Crippen molar-refractivity contribution in [3.05, 3.63) is 0 Å². The maximum atomic E-state index is 11.4. The molecule has 9 heteroatoms. The second-order valence-corrected chi connectivity index (χ2v) is 4.85. The van der Waals surface area contributed by atoms with Crippen LogP contribution in [0.25, 0.3) is 0 Å². The van der Waals surface area contributed by atoms with Crippen molar-refractivity contribution >= 4 is 23.7 Å². The van der Waals surface area contributed by atoms with E-state index in [-0.39, 0.29) is 38.5 Å². The van der Waals surface area contributed by atoms with Gasteiger partial charge in [0.1, 0.15) is 5.78 Å². The van der Waals surface area contributed by atoms with Gasteiger partial charge in [-0.1, -0.05) is 0 Å². The highest BCUT2D eigenvalue weighted by molar-refractivity contribution is 5.79. The summed E-state index contributed by atoms with van der Waals surface area (Å²) in [6.07, 6.45) is 0. The first-order valence-corrected chi connectivity index (χ1v) is 6.97. The lowest BCUT2D eigenvalue weighted by Gasteiger charge is -2.25. The van der Waals surface area contributed by atoms with E-state index >= 15 is 0 Å². The van der Waals surface area contributed by atoms with Gasteiger partial charge < -0.3 is 14.2 Å². The molecule has 0 atom stereocenters. The minimum Gasteiger partial charge on any atom is -0.468 e. The molecule has 9 nitrogen and oxygen atoms in total. The van der Waals surface area contributed by atoms with Crippen molar-refractivity contribution in [3.63, 3.8) is 0 Å². The average molecular weight is 332 g/mol. The second-order valence-electron chi connectivity index (χ2n) is 4.85. The van der Waals surface area contributed by atoms with Crippen LogP contribution in [0.3, 0.4) is 0 Å². The Hall–Kier alpha value is -2.00. The standard InChI is InChI=1S/C14H24N2O7/c1-11(17)7-15(8-12(18)21-2)5-6-16(9-13(19)22-3)10-14(20)23-4/h5-10H2,1-4H3. The third-order valence-electron chi connectivity index (χ3n) is 2.92. The Labute approximate surface area is 135 Å². The number of nitrogens with zero attached hydrogens (tertiary/aromatic N) is 2. The van der Waals surface area contributed by atoms with Gasteiger partial charge in [-0.2, -0.15) is 0 Å². The molecule has 0 aromatic rings. The lowest BCUT2D eigenvalue weighted by Crippen LogP contribution is -2.43. The van der Waals surface area contributed by atoms with E-state index in [1.165, 1.54) is 33.2 Å². The normalized spacial score (nSPS) is 10.5. The highest BCUT2D eigenvalue weighted by Crippen LogP contribution is 1.97. The van der Waals surface area contributed by atoms with Crippen LogP contribution in [0, 0.1) is 0 Å². The van der Waals surface area contributed by atoms with Crippen molar-refractivity contribution in [2.24, 2.45) is 0 Å². The lowest BCUT2D eigenvalue weighted by molar-refractivity contribution is -0.147. The predicted molar refractivity (Wildman–Crippen MR) is 79.6 cm³/mol. The highest BCUT2D eigenvalue weighted by atomic mass is 16.5. The Morgan fingerprint density at radius 3 is 1.22 bits per heavy atom. The lowest BCUT2D eigenvalue weighted by atomic mass is 10.3. The first-order valence-electron chi connectivity index (χ1n) is 6.97. The predicted octanol–water partition coefficient (Wildman–Crippen LogP) is -1.30. The summed E-state index contributed by atoms with van der Waals surface area (Å²) in [6.45, 7) is 1.79. The molecule has 0 radical (unpaired) electrons. The molecule has 0 bridgehead atoms. The number of ketones is 1. The van der Waals surface area contributed by atoms with Crippen LogP contribution in [0.2, 0.25) is 0 Å². The van der Waals surface area contributed by atoms with E-state index < -0.39 is 17.9 Å². The zero-order chi connectivity index (χ0) is 17.8. The van der Waals surface area contributed by atoms with E-state index in [0.29, 0.717) is 6.54 Å². The van der Waals surface area contributed by atoms with Crippen LogP contribution in [-0.4, -0.2) is 94.1 Å². The number of ether oxygens (including phenoxy) is 3. The van der Waals surface area contributed by atoms with E-state index in [9.17, 15) is 19.2 Å². The van der Waals surface area contributed by atoms with E-state index in [1.807, 2.05) is 0 Å². The molecule has 0 aromatic heterocycles. The minimum absolute atomic E-state index is 0.0552. The number of hydrogen-bond acceptors (Lipinski definition) is 9. The summed E-state index contributed by atoms with van der Waals surface area (Å²) < 4.78 is 13.7. The molecule has 0 spiro atoms. The van der Waals surface area contributed by atoms with Crippen LogP contribution in [-0.2, 0) is 33.4 Å². The zero-order valence-electron chi connectivity index (χ0n) is 14.0. The number of esters is 3. The SMILES string of the molecule is COC(=O)CN(CCN(CC(=O)OC)CC(=O)OC)CC(C)=O. The van der Waals surface area contributed by atoms with Gasteiger partial charge in [0.25, 0.3) is 0 Å². The third kappa shape index (κ3) is 10.4. The van der Waals surface area contributed by atoms with Crippen LogP contribution in [0.4, 0.5) is 0 Å². The fraction of sp³-hybridized carbons (Fsp3) is 0.714. The molecule has 0 amide bonds. The molecule has 132 valence electrons. The van der Waals surface area contributed by atoms with Gasteiger partial charge in [0, 0.05) is 13.1 Å². The molecule has 0 saturated carbocycles. The van der Waals surface area contributed by atoms with Crippen LogP contribution < -0.4 is 0 Å². The van der Waals surface area contributed by atoms with Crippen LogP contribution in [0.1, 0.15) is 6.92 Å². The molecule has 0 aromatic carbocycles. The molecular formula is C14H24N2O7. The third-order valence-corrected chi connectivity index (χ3v) is 2.92. The van der Waals surface area contributed by atoms with Gasteiger partial charge in [-0.3, -0.25) is 29.0 Å². The van der Waals surface area contributed by atoms with E-state index in [4.69, 9.17) is 0 Å². The quantitative estimate of drug-likeness (QED) is 0.337. The number of hydrogen-bond donors (Lipinski definition) is 0. The fourth-order valence-corrected chi connectivity index (χ4v) is 1.77. The molecule has 0 fully saturated rings. The molecular weight excluding hydrogens is 308 g/mol. The smallest absolute Gasteiger partial charge is 0.319 e. The number of methoxy groups -OCH3 is 3. The number of carbonyl (C=O) groups is 4. The maximum absolute atomic E-state index is 11.4. The summed E-state index contributed by atoms with van der Waals surface area (Å²) in [5.41, 5.74) is 0. The molecule has 0 saturated heterocycles. The number of rotatable bonds is 11. The maximum Gasteiger partial charge on any atom is 0.319 e. The van der Waals surface area contributed by atoms with Crippen molar-refractivity contribution in [3.8, 4) is 0 Å². The van der Waals surface area contributed by atoms with Gasteiger partial charge in [-0.15, -0.1) is 0 Å². The van der Waals surface area contributed by atoms with Gasteiger partial charge in [-0.25, -0.2) is 0 Å². The Bertz CT molecular complexity index is 407. The number of Topliss-reactive ketones (excluding diaryl/α,β-unsaturated/α-hetero) is 1. The Morgan fingerprint density at radius 1 is 0.652 bits per heavy atom. The topological polar surface area (TPSA) is 102 Å². The van der Waals surface area contributed by atoms with Crippen molar-refractivity contribution < 1.29 is 33.4 Å². The molecule has 0 aliphatic heterocycles. The Morgan fingerprint density at radius 2 is 0.957 bits per heavy atom. The summed E-state index contributed by atoms with van der Waals surface area (Å²) in [5.74, 6) is -1.58. The van der Waals surface area contributed by atoms with Crippen LogP contribution in [0.15, 0.2) is 0 Å². The second kappa shape index (κ2) is 11.6. The summed E-state index contributed by atoms with van der Waals surface area (Å²) in [7, 11) is 3.75. The van der Waals surface area contributed by atoms with Crippen LogP contribution in [0.5, 0.6) is 0 Å². The zero-order valence-corrected chi connectivity index (χ0v) is 14.0. The molecule has 0 aliphatic carbocycles. The Balaban J connectivity index is 4.70. The van der Waals surface area contributed by atoms with Gasteiger partial charge in [0.15, 0.2) is 0 Å². The summed E-state index contributed by atoms with van der Waals surface area (Å²) >= 11 is 0. The first kappa shape index (κ1) is 21.0. The van der Waals surface area contributed by atoms with Gasteiger partial charge in [0.2, 0.25) is 0 Å². The monoisotopic (exact) mass is 332 g/mol. The molecule has 0 unspecified atom stereocenters. The van der Waals surface area contributed by atoms with Gasteiger partial charge in [-0.05, 0) is 6.92 Å². The summed E-state index contributed by atoms with van der Waals surface area (Å²) in [6, 6.07) is 0. The minimum atomic E-state index is -0.500. The average Bonchev–Trinajstić information content (AvgIpc) is 2.51. The summed E-state index contributed by atoms with van der Waals surface area (Å²) in [4.78, 5) is 48.5.